The number of likely N-dealkylation sites (tertiary alicyclic amines) is 1. The smallest absolute Gasteiger partial charge is 0.336 e. The van der Waals surface area contributed by atoms with Gasteiger partial charge in [-0.2, -0.15) is 0 Å². The quantitative estimate of drug-likeness (QED) is 0.190. The molecule has 1 heterocycles. The molecule has 238 valence electrons. The van der Waals surface area contributed by atoms with Crippen LogP contribution in [0, 0.1) is 11.8 Å². The maximum Gasteiger partial charge on any atom is 0.336 e. The van der Waals surface area contributed by atoms with Gasteiger partial charge in [0.05, 0.1) is 18.7 Å². The van der Waals surface area contributed by atoms with Gasteiger partial charge in [0.15, 0.2) is 6.10 Å². The van der Waals surface area contributed by atoms with E-state index in [9.17, 15) is 33.0 Å². The third kappa shape index (κ3) is 8.66. The van der Waals surface area contributed by atoms with Gasteiger partial charge in [-0.05, 0) is 56.8 Å². The van der Waals surface area contributed by atoms with E-state index in [0.29, 0.717) is 44.6 Å². The zero-order valence-electron chi connectivity index (χ0n) is 24.6. The first kappa shape index (κ1) is 32.7. The zero-order valence-corrected chi connectivity index (χ0v) is 25.5. The molecule has 0 bridgehead atoms. The number of esters is 1. The lowest BCUT2D eigenvalue weighted by Gasteiger charge is -2.40. The lowest BCUT2D eigenvalue weighted by atomic mass is 9.82. The number of carbonyl (C=O) groups excluding carboxylic acids is 4. The Kier molecular flexibility index (Phi) is 11.6. The first-order valence-electron chi connectivity index (χ1n) is 15.6. The first-order valence-corrected chi connectivity index (χ1v) is 16.9. The van der Waals surface area contributed by atoms with Crippen molar-refractivity contribution >= 4 is 34.9 Å². The van der Waals surface area contributed by atoms with Crippen molar-refractivity contribution in [1.82, 2.24) is 20.9 Å². The molecule has 0 aromatic carbocycles. The van der Waals surface area contributed by atoms with Gasteiger partial charge in [0, 0.05) is 12.3 Å². The summed E-state index contributed by atoms with van der Waals surface area (Å²) in [7, 11) is 1.18. The summed E-state index contributed by atoms with van der Waals surface area (Å²) in [6, 6.07) is -3.00. The number of rotatable bonds is 12. The molecule has 0 spiro atoms. The van der Waals surface area contributed by atoms with Crippen LogP contribution in [0.25, 0.3) is 0 Å². The van der Waals surface area contributed by atoms with Gasteiger partial charge >= 0.3 is 12.0 Å². The van der Waals surface area contributed by atoms with Crippen molar-refractivity contribution in [3.8, 4) is 0 Å². The van der Waals surface area contributed by atoms with Crippen LogP contribution < -0.4 is 16.0 Å². The Morgan fingerprint density at radius 2 is 1.64 bits per heavy atom. The molecule has 4 amide bonds. The molecule has 4 fully saturated rings. The minimum absolute atomic E-state index is 0.0963. The summed E-state index contributed by atoms with van der Waals surface area (Å²) in [4.78, 5) is 54.5. The third-order valence-corrected chi connectivity index (χ3v) is 10.3. The highest BCUT2D eigenvalue weighted by Gasteiger charge is 2.43. The number of hydrogen-bond acceptors (Lipinski definition) is 8. The number of carbonyl (C=O) groups is 4. The monoisotopic (exact) mass is 611 g/mol. The molecule has 42 heavy (non-hydrogen) atoms. The van der Waals surface area contributed by atoms with Gasteiger partial charge in [-0.3, -0.25) is 13.8 Å². The van der Waals surface area contributed by atoms with Gasteiger partial charge in [0.2, 0.25) is 11.8 Å². The van der Waals surface area contributed by atoms with Gasteiger partial charge in [-0.25, -0.2) is 9.59 Å². The first-order chi connectivity index (χ1) is 20.1. The summed E-state index contributed by atoms with van der Waals surface area (Å²) >= 11 is -2.33. The molecule has 0 aromatic rings. The number of amides is 4. The number of nitrogens with one attached hydrogen (secondary N) is 3. The molecule has 0 radical (unpaired) electrons. The average Bonchev–Trinajstić information content (AvgIpc) is 3.65. The van der Waals surface area contributed by atoms with E-state index in [-0.39, 0.29) is 17.6 Å². The summed E-state index contributed by atoms with van der Waals surface area (Å²) in [5, 5.41) is 19.2. The zero-order chi connectivity index (χ0) is 30.3. The molecule has 3 aliphatic carbocycles. The Morgan fingerprint density at radius 1 is 0.976 bits per heavy atom. The van der Waals surface area contributed by atoms with Crippen LogP contribution in [0.2, 0.25) is 0 Å². The van der Waals surface area contributed by atoms with Crippen molar-refractivity contribution < 1.29 is 37.8 Å². The average molecular weight is 612 g/mol. The SMILES string of the molecule is COC(=O)C(O)C(CC1CC1)NC(=O)[C@@H]1CCCN1C(=O)[C@@H](NC(=O)NC1(CS(=O)[O-])CCCCC1)C1CCCCC1. The van der Waals surface area contributed by atoms with Gasteiger partial charge in [-0.15, -0.1) is 0 Å². The van der Waals surface area contributed by atoms with E-state index in [2.05, 4.69) is 16.0 Å². The second-order valence-corrected chi connectivity index (χ2v) is 13.6. The highest BCUT2D eigenvalue weighted by Crippen LogP contribution is 2.35. The van der Waals surface area contributed by atoms with Gasteiger partial charge in [0.1, 0.15) is 12.1 Å². The molecule has 5 atom stereocenters. The van der Waals surface area contributed by atoms with E-state index in [0.717, 1.165) is 64.2 Å². The van der Waals surface area contributed by atoms with Crippen molar-refractivity contribution in [2.45, 2.75) is 126 Å². The van der Waals surface area contributed by atoms with E-state index >= 15 is 0 Å². The molecule has 4 aliphatic rings. The number of hydrogen-bond donors (Lipinski definition) is 4. The molecule has 4 N–H and O–H groups in total. The van der Waals surface area contributed by atoms with Crippen LogP contribution in [-0.2, 0) is 30.2 Å². The van der Waals surface area contributed by atoms with Crippen molar-refractivity contribution in [3.05, 3.63) is 0 Å². The normalized spacial score (nSPS) is 25.5. The van der Waals surface area contributed by atoms with E-state index in [1.54, 1.807) is 0 Å². The lowest BCUT2D eigenvalue weighted by molar-refractivity contribution is -0.153. The molecule has 3 unspecified atom stereocenters. The van der Waals surface area contributed by atoms with E-state index < -0.39 is 58.8 Å². The van der Waals surface area contributed by atoms with E-state index in [1.807, 2.05) is 0 Å². The van der Waals surface area contributed by atoms with Crippen molar-refractivity contribution in [1.29, 1.82) is 0 Å². The maximum absolute atomic E-state index is 14.1. The Morgan fingerprint density at radius 3 is 2.26 bits per heavy atom. The van der Waals surface area contributed by atoms with Crippen LogP contribution in [-0.4, -0.2) is 91.8 Å². The Balaban J connectivity index is 1.47. The minimum Gasteiger partial charge on any atom is -0.772 e. The molecule has 12 nitrogen and oxygen atoms in total. The molecule has 1 aliphatic heterocycles. The molecule has 4 rings (SSSR count). The van der Waals surface area contributed by atoms with Crippen molar-refractivity contribution in [2.24, 2.45) is 11.8 Å². The number of aliphatic hydroxyl groups is 1. The van der Waals surface area contributed by atoms with Gasteiger partial charge < -0.3 is 35.2 Å². The molecule has 3 saturated carbocycles. The summed E-state index contributed by atoms with van der Waals surface area (Å²) in [6.45, 7) is 0.357. The van der Waals surface area contributed by atoms with Crippen LogP contribution in [0.4, 0.5) is 4.79 Å². The Hall–Kier alpha value is -2.25. The number of nitrogens with zero attached hydrogens (tertiary/aromatic N) is 1. The van der Waals surface area contributed by atoms with Crippen molar-refractivity contribution in [2.75, 3.05) is 19.4 Å². The summed E-state index contributed by atoms with van der Waals surface area (Å²) in [5.74, 6) is -1.52. The second kappa shape index (κ2) is 15.0. The van der Waals surface area contributed by atoms with Crippen LogP contribution >= 0.6 is 0 Å². The molecule has 1 saturated heterocycles. The Bertz CT molecular complexity index is 996. The standard InChI is InChI=1S/C29H48N4O8S/c1-41-27(37)24(34)21(17-19-12-13-19)30-25(35)22-11-8-16-33(22)26(36)23(20-9-4-2-5-10-20)31-28(38)32-29(18-42(39)40)14-6-3-7-15-29/h19-24,34H,2-18H2,1H3,(H,30,35)(H,39,40)(H2,31,32,38)/p-1/t21?,22-,23-,24?/m0/s1. The van der Waals surface area contributed by atoms with Crippen LogP contribution in [0.15, 0.2) is 0 Å². The summed E-state index contributed by atoms with van der Waals surface area (Å²) < 4.78 is 28.0. The van der Waals surface area contributed by atoms with Gasteiger partial charge in [-0.1, -0.05) is 62.4 Å². The summed E-state index contributed by atoms with van der Waals surface area (Å²) in [5.41, 5.74) is -0.859. The second-order valence-electron chi connectivity index (χ2n) is 12.7. The third-order valence-electron chi connectivity index (χ3n) is 9.53. The lowest BCUT2D eigenvalue weighted by Crippen LogP contribution is -2.62. The fraction of sp³-hybridized carbons (Fsp3) is 0.862. The van der Waals surface area contributed by atoms with Crippen LogP contribution in [0.5, 0.6) is 0 Å². The fourth-order valence-electron chi connectivity index (χ4n) is 7.05. The minimum atomic E-state index is -2.33. The van der Waals surface area contributed by atoms with E-state index in [1.165, 1.54) is 12.0 Å². The summed E-state index contributed by atoms with van der Waals surface area (Å²) in [6.07, 6.45) is 10.1. The predicted octanol–water partition coefficient (Wildman–Crippen LogP) is 1.63. The highest BCUT2D eigenvalue weighted by atomic mass is 32.2. The fourth-order valence-corrected chi connectivity index (χ4v) is 7.86. The van der Waals surface area contributed by atoms with Gasteiger partial charge in [0.25, 0.3) is 0 Å². The number of urea groups is 1. The highest BCUT2D eigenvalue weighted by molar-refractivity contribution is 7.79. The Labute approximate surface area is 250 Å². The topological polar surface area (TPSA) is 177 Å². The number of ether oxygens (including phenoxy) is 1. The van der Waals surface area contributed by atoms with E-state index in [4.69, 9.17) is 4.74 Å². The molecule has 0 aromatic heterocycles. The van der Waals surface area contributed by atoms with Crippen molar-refractivity contribution in [3.63, 3.8) is 0 Å². The van der Waals surface area contributed by atoms with Crippen LogP contribution in [0.3, 0.4) is 0 Å². The largest absolute Gasteiger partial charge is 0.772 e. The molecular formula is C29H47N4O8S-. The van der Waals surface area contributed by atoms with Crippen LogP contribution in [0.1, 0.15) is 96.3 Å². The maximum atomic E-state index is 14.1. The predicted molar refractivity (Wildman–Crippen MR) is 154 cm³/mol. The molecule has 13 heteroatoms. The molecular weight excluding hydrogens is 564 g/mol. The number of methoxy groups -OCH3 is 1. The number of aliphatic hydroxyl groups excluding tert-OH is 1.